The molecule has 0 spiro atoms. The minimum atomic E-state index is -0.664. The number of benzene rings is 2. The highest BCUT2D eigenvalue weighted by Crippen LogP contribution is 2.25. The van der Waals surface area contributed by atoms with E-state index in [-0.39, 0.29) is 5.91 Å². The molecule has 2 aromatic carbocycles. The number of esters is 1. The van der Waals surface area contributed by atoms with Crippen LogP contribution in [0.1, 0.15) is 36.3 Å². The van der Waals surface area contributed by atoms with Crippen LogP contribution in [-0.2, 0) is 14.3 Å². The Kier molecular flexibility index (Phi) is 7.62. The Hall–Kier alpha value is -2.88. The van der Waals surface area contributed by atoms with Crippen LogP contribution in [0, 0.1) is 0 Å². The average Bonchev–Trinajstić information content (AvgIpc) is 2.68. The normalized spacial score (nSPS) is 11.6. The maximum Gasteiger partial charge on any atom is 0.328 e. The summed E-state index contributed by atoms with van der Waals surface area (Å²) < 4.78 is 4.86. The van der Waals surface area contributed by atoms with E-state index >= 15 is 0 Å². The third kappa shape index (κ3) is 5.31. The van der Waals surface area contributed by atoms with Crippen LogP contribution in [-0.4, -0.2) is 25.0 Å². The fourth-order valence-corrected chi connectivity index (χ4v) is 2.90. The lowest BCUT2D eigenvalue weighted by Crippen LogP contribution is -2.43. The van der Waals surface area contributed by atoms with Crippen LogP contribution in [0.2, 0.25) is 0 Å². The van der Waals surface area contributed by atoms with Crippen LogP contribution >= 0.6 is 0 Å². The van der Waals surface area contributed by atoms with Gasteiger partial charge in [-0.2, -0.15) is 0 Å². The van der Waals surface area contributed by atoms with E-state index < -0.39 is 17.9 Å². The van der Waals surface area contributed by atoms with E-state index in [9.17, 15) is 9.59 Å². The molecule has 26 heavy (non-hydrogen) atoms. The van der Waals surface area contributed by atoms with Crippen molar-refractivity contribution in [3.05, 3.63) is 84.4 Å². The summed E-state index contributed by atoms with van der Waals surface area (Å²) in [6.07, 6.45) is 3.85. The number of carbonyl (C=O) groups is 2. The number of amides is 1. The molecular weight excluding hydrogens is 326 g/mol. The first kappa shape index (κ1) is 19.4. The van der Waals surface area contributed by atoms with Gasteiger partial charge in [-0.1, -0.05) is 66.7 Å². The maximum atomic E-state index is 13.1. The molecule has 1 amide bonds. The predicted octanol–water partition coefficient (Wildman–Crippen LogP) is 3.83. The quantitative estimate of drug-likeness (QED) is 0.424. The van der Waals surface area contributed by atoms with E-state index in [0.717, 1.165) is 24.0 Å². The molecule has 0 saturated carbocycles. The van der Waals surface area contributed by atoms with Gasteiger partial charge in [0.25, 0.3) is 0 Å². The second kappa shape index (κ2) is 10.2. The van der Waals surface area contributed by atoms with E-state index in [4.69, 9.17) is 4.74 Å². The number of hydrogen-bond acceptors (Lipinski definition) is 3. The van der Waals surface area contributed by atoms with Gasteiger partial charge in [0, 0.05) is 0 Å². The summed E-state index contributed by atoms with van der Waals surface area (Å²) in [5, 5.41) is 2.88. The fraction of sp³-hybridized carbons (Fsp3) is 0.273. The maximum absolute atomic E-state index is 13.1. The standard InChI is InChI=1S/C22H25NO3/c1-3-4-7-16-19(22(25)26-2)23-21(24)20(17-12-8-5-9-13-17)18-14-10-6-11-15-18/h3,5-6,8-15,19-20H,1,4,7,16H2,2H3,(H,23,24)/t19-/m1/s1. The summed E-state index contributed by atoms with van der Waals surface area (Å²) in [5.74, 6) is -1.12. The van der Waals surface area contributed by atoms with Gasteiger partial charge in [-0.15, -0.1) is 6.58 Å². The van der Waals surface area contributed by atoms with Gasteiger partial charge in [0.2, 0.25) is 5.91 Å². The predicted molar refractivity (Wildman–Crippen MR) is 103 cm³/mol. The Bertz CT molecular complexity index is 673. The number of rotatable bonds is 9. The Balaban J connectivity index is 2.24. The van der Waals surface area contributed by atoms with Crippen LogP contribution < -0.4 is 5.32 Å². The zero-order valence-electron chi connectivity index (χ0n) is 15.1. The van der Waals surface area contributed by atoms with E-state index in [1.165, 1.54) is 7.11 Å². The Morgan fingerprint density at radius 2 is 1.58 bits per heavy atom. The van der Waals surface area contributed by atoms with Gasteiger partial charge >= 0.3 is 5.97 Å². The number of carbonyl (C=O) groups excluding carboxylic acids is 2. The molecular formula is C22H25NO3. The minimum absolute atomic E-state index is 0.212. The molecule has 136 valence electrons. The zero-order valence-corrected chi connectivity index (χ0v) is 15.1. The molecule has 0 aliphatic carbocycles. The van der Waals surface area contributed by atoms with Gasteiger partial charge in [-0.05, 0) is 30.4 Å². The summed E-state index contributed by atoms with van der Waals surface area (Å²) in [4.78, 5) is 25.1. The second-order valence-corrected chi connectivity index (χ2v) is 6.06. The Morgan fingerprint density at radius 1 is 1.04 bits per heavy atom. The summed E-state index contributed by atoms with van der Waals surface area (Å²) in [6, 6.07) is 18.4. The highest BCUT2D eigenvalue weighted by atomic mass is 16.5. The van der Waals surface area contributed by atoms with E-state index in [2.05, 4.69) is 11.9 Å². The van der Waals surface area contributed by atoms with Crippen molar-refractivity contribution >= 4 is 11.9 Å². The third-order valence-corrected chi connectivity index (χ3v) is 4.23. The molecule has 0 saturated heterocycles. The van der Waals surface area contributed by atoms with Crippen LogP contribution in [0.15, 0.2) is 73.3 Å². The number of ether oxygens (including phenoxy) is 1. The van der Waals surface area contributed by atoms with Gasteiger partial charge in [0.05, 0.1) is 13.0 Å². The molecule has 0 fully saturated rings. The van der Waals surface area contributed by atoms with Gasteiger partial charge < -0.3 is 10.1 Å². The number of methoxy groups -OCH3 is 1. The first-order chi connectivity index (χ1) is 12.7. The molecule has 4 nitrogen and oxygen atoms in total. The smallest absolute Gasteiger partial charge is 0.328 e. The number of allylic oxidation sites excluding steroid dienone is 1. The summed E-state index contributed by atoms with van der Waals surface area (Å²) >= 11 is 0. The highest BCUT2D eigenvalue weighted by Gasteiger charge is 2.27. The van der Waals surface area contributed by atoms with Crippen molar-refractivity contribution in [3.8, 4) is 0 Å². The zero-order chi connectivity index (χ0) is 18.8. The van der Waals surface area contributed by atoms with E-state index in [1.807, 2.05) is 60.7 Å². The number of hydrogen-bond donors (Lipinski definition) is 1. The molecule has 0 aliphatic rings. The average molecular weight is 351 g/mol. The third-order valence-electron chi connectivity index (χ3n) is 4.23. The minimum Gasteiger partial charge on any atom is -0.467 e. The van der Waals surface area contributed by atoms with E-state index in [0.29, 0.717) is 6.42 Å². The van der Waals surface area contributed by atoms with Crippen LogP contribution in [0.4, 0.5) is 0 Å². The first-order valence-corrected chi connectivity index (χ1v) is 8.76. The molecule has 1 atom stereocenters. The molecule has 0 heterocycles. The first-order valence-electron chi connectivity index (χ1n) is 8.76. The molecule has 0 aromatic heterocycles. The number of nitrogens with one attached hydrogen (secondary N) is 1. The summed E-state index contributed by atoms with van der Waals surface area (Å²) in [6.45, 7) is 3.69. The largest absolute Gasteiger partial charge is 0.467 e. The highest BCUT2D eigenvalue weighted by molar-refractivity contribution is 5.91. The topological polar surface area (TPSA) is 55.4 Å². The molecule has 0 bridgehead atoms. The lowest BCUT2D eigenvalue weighted by Gasteiger charge is -2.22. The van der Waals surface area contributed by atoms with Crippen LogP contribution in [0.3, 0.4) is 0 Å². The lowest BCUT2D eigenvalue weighted by atomic mass is 9.90. The van der Waals surface area contributed by atoms with Crippen molar-refractivity contribution in [2.24, 2.45) is 0 Å². The molecule has 0 radical (unpaired) electrons. The summed E-state index contributed by atoms with van der Waals surface area (Å²) in [5.41, 5.74) is 1.76. The number of unbranched alkanes of at least 4 members (excludes halogenated alkanes) is 1. The van der Waals surface area contributed by atoms with Crippen LogP contribution in [0.25, 0.3) is 0 Å². The van der Waals surface area contributed by atoms with E-state index in [1.54, 1.807) is 6.08 Å². The lowest BCUT2D eigenvalue weighted by molar-refractivity contribution is -0.145. The molecule has 2 rings (SSSR count). The SMILES string of the molecule is C=CCCC[C@@H](NC(=O)C(c1ccccc1)c1ccccc1)C(=O)OC. The van der Waals surface area contributed by atoms with Crippen molar-refractivity contribution in [3.63, 3.8) is 0 Å². The molecule has 0 unspecified atom stereocenters. The molecule has 4 heteroatoms. The fourth-order valence-electron chi connectivity index (χ4n) is 2.90. The molecule has 0 aliphatic heterocycles. The second-order valence-electron chi connectivity index (χ2n) is 6.06. The van der Waals surface area contributed by atoms with Crippen LogP contribution in [0.5, 0.6) is 0 Å². The van der Waals surface area contributed by atoms with Crippen molar-refractivity contribution in [1.29, 1.82) is 0 Å². The van der Waals surface area contributed by atoms with Gasteiger partial charge in [-0.3, -0.25) is 4.79 Å². The van der Waals surface area contributed by atoms with Gasteiger partial charge in [0.15, 0.2) is 0 Å². The summed E-state index contributed by atoms with van der Waals surface area (Å²) in [7, 11) is 1.33. The molecule has 2 aromatic rings. The Labute approximate surface area is 154 Å². The van der Waals surface area contributed by atoms with Gasteiger partial charge in [0.1, 0.15) is 6.04 Å². The Morgan fingerprint density at radius 3 is 2.04 bits per heavy atom. The van der Waals surface area contributed by atoms with Crippen molar-refractivity contribution < 1.29 is 14.3 Å². The van der Waals surface area contributed by atoms with Gasteiger partial charge in [-0.25, -0.2) is 4.79 Å². The molecule has 1 N–H and O–H groups in total. The van der Waals surface area contributed by atoms with Crippen molar-refractivity contribution in [1.82, 2.24) is 5.32 Å². The monoisotopic (exact) mass is 351 g/mol. The van der Waals surface area contributed by atoms with Crippen molar-refractivity contribution in [2.45, 2.75) is 31.2 Å². The van der Waals surface area contributed by atoms with Crippen molar-refractivity contribution in [2.75, 3.05) is 7.11 Å².